The molecule has 28 heavy (non-hydrogen) atoms. The van der Waals surface area contributed by atoms with E-state index in [0.29, 0.717) is 12.5 Å². The van der Waals surface area contributed by atoms with E-state index in [0.717, 1.165) is 44.1 Å². The molecule has 1 saturated heterocycles. The van der Waals surface area contributed by atoms with Gasteiger partial charge in [0, 0.05) is 45.5 Å². The van der Waals surface area contributed by atoms with E-state index in [1.807, 2.05) is 6.07 Å². The summed E-state index contributed by atoms with van der Waals surface area (Å²) >= 11 is 0. The Labute approximate surface area is 164 Å². The third kappa shape index (κ3) is 4.84. The lowest BCUT2D eigenvalue weighted by molar-refractivity contribution is 0.249. The number of halogens is 1. The van der Waals surface area contributed by atoms with Crippen LogP contribution in [0.15, 0.2) is 66.9 Å². The number of hydrogen-bond acceptors (Lipinski definition) is 5. The lowest BCUT2D eigenvalue weighted by Crippen LogP contribution is -2.46. The largest absolute Gasteiger partial charge is 0.354 e. The molecular formula is C22H24FN5. The monoisotopic (exact) mass is 377 g/mol. The molecule has 0 unspecified atom stereocenters. The molecule has 0 aliphatic carbocycles. The van der Waals surface area contributed by atoms with Crippen molar-refractivity contribution in [1.82, 2.24) is 14.9 Å². The summed E-state index contributed by atoms with van der Waals surface area (Å²) in [4.78, 5) is 13.7. The zero-order valence-corrected chi connectivity index (χ0v) is 15.8. The maximum Gasteiger partial charge on any atom is 0.224 e. The van der Waals surface area contributed by atoms with Crippen molar-refractivity contribution in [2.75, 3.05) is 36.4 Å². The second-order valence-electron chi connectivity index (χ2n) is 6.97. The second kappa shape index (κ2) is 8.80. The van der Waals surface area contributed by atoms with Gasteiger partial charge in [-0.15, -0.1) is 0 Å². The normalized spacial score (nSPS) is 14.8. The van der Waals surface area contributed by atoms with Crippen LogP contribution in [0.1, 0.15) is 11.1 Å². The molecule has 6 heteroatoms. The first kappa shape index (κ1) is 18.4. The van der Waals surface area contributed by atoms with Crippen LogP contribution in [0, 0.1) is 5.82 Å². The quantitative estimate of drug-likeness (QED) is 0.712. The van der Waals surface area contributed by atoms with Crippen LogP contribution in [-0.4, -0.2) is 41.0 Å². The fraction of sp³-hybridized carbons (Fsp3) is 0.273. The minimum atomic E-state index is -0.228. The number of anilines is 2. The molecule has 3 aromatic rings. The second-order valence-corrected chi connectivity index (χ2v) is 6.97. The van der Waals surface area contributed by atoms with E-state index in [4.69, 9.17) is 0 Å². The molecule has 0 bridgehead atoms. The van der Waals surface area contributed by atoms with Gasteiger partial charge in [0.15, 0.2) is 0 Å². The Bertz CT molecular complexity index is 877. The third-order valence-electron chi connectivity index (χ3n) is 4.95. The molecule has 1 N–H and O–H groups in total. The molecule has 4 rings (SSSR count). The third-order valence-corrected chi connectivity index (χ3v) is 4.95. The number of piperazine rings is 1. The number of benzene rings is 2. The van der Waals surface area contributed by atoms with Crippen molar-refractivity contribution >= 4 is 11.8 Å². The van der Waals surface area contributed by atoms with Crippen molar-refractivity contribution in [2.24, 2.45) is 0 Å². The van der Waals surface area contributed by atoms with Gasteiger partial charge in [-0.25, -0.2) is 9.37 Å². The fourth-order valence-corrected chi connectivity index (χ4v) is 3.37. The van der Waals surface area contributed by atoms with Crippen molar-refractivity contribution in [3.63, 3.8) is 0 Å². The average molecular weight is 377 g/mol. The Balaban J connectivity index is 1.31. The van der Waals surface area contributed by atoms with E-state index in [-0.39, 0.29) is 5.82 Å². The predicted molar refractivity (Wildman–Crippen MR) is 110 cm³/mol. The number of rotatable bonds is 6. The van der Waals surface area contributed by atoms with Gasteiger partial charge in [-0.1, -0.05) is 42.5 Å². The zero-order valence-electron chi connectivity index (χ0n) is 15.8. The smallest absolute Gasteiger partial charge is 0.224 e. The zero-order chi connectivity index (χ0) is 19.2. The van der Waals surface area contributed by atoms with Crippen LogP contribution in [-0.2, 0) is 13.1 Å². The molecular weight excluding hydrogens is 353 g/mol. The minimum Gasteiger partial charge on any atom is -0.354 e. The SMILES string of the molecule is Fc1ccc(CNc2nccc(N3CCN(Cc4ccccc4)CC3)n2)cc1. The van der Waals surface area contributed by atoms with Crippen LogP contribution in [0.3, 0.4) is 0 Å². The Hall–Kier alpha value is -2.99. The Morgan fingerprint density at radius 3 is 2.36 bits per heavy atom. The van der Waals surface area contributed by atoms with Crippen LogP contribution < -0.4 is 10.2 Å². The highest BCUT2D eigenvalue weighted by Crippen LogP contribution is 2.16. The van der Waals surface area contributed by atoms with Gasteiger partial charge in [0.25, 0.3) is 0 Å². The van der Waals surface area contributed by atoms with Gasteiger partial charge in [-0.05, 0) is 29.3 Å². The maximum atomic E-state index is 13.0. The fourth-order valence-electron chi connectivity index (χ4n) is 3.37. The molecule has 1 aliphatic heterocycles. The molecule has 2 heterocycles. The number of nitrogens with one attached hydrogen (secondary N) is 1. The lowest BCUT2D eigenvalue weighted by atomic mass is 10.2. The molecule has 0 spiro atoms. The Morgan fingerprint density at radius 1 is 0.857 bits per heavy atom. The van der Waals surface area contributed by atoms with Crippen molar-refractivity contribution < 1.29 is 4.39 Å². The summed E-state index contributed by atoms with van der Waals surface area (Å²) in [5.41, 5.74) is 2.34. The van der Waals surface area contributed by atoms with Crippen LogP contribution in [0.2, 0.25) is 0 Å². The molecule has 1 fully saturated rings. The minimum absolute atomic E-state index is 0.228. The van der Waals surface area contributed by atoms with Gasteiger partial charge in [0.05, 0.1) is 0 Å². The highest BCUT2D eigenvalue weighted by atomic mass is 19.1. The summed E-state index contributed by atoms with van der Waals surface area (Å²) in [6.07, 6.45) is 1.78. The highest BCUT2D eigenvalue weighted by molar-refractivity contribution is 5.43. The number of nitrogens with zero attached hydrogens (tertiary/aromatic N) is 4. The van der Waals surface area contributed by atoms with Crippen LogP contribution in [0.4, 0.5) is 16.2 Å². The summed E-state index contributed by atoms with van der Waals surface area (Å²) < 4.78 is 13.0. The molecule has 0 amide bonds. The molecule has 2 aromatic carbocycles. The van der Waals surface area contributed by atoms with E-state index in [1.165, 1.54) is 17.7 Å². The average Bonchev–Trinajstić information content (AvgIpc) is 2.75. The molecule has 1 aromatic heterocycles. The summed E-state index contributed by atoms with van der Waals surface area (Å²) in [6.45, 7) is 5.47. The van der Waals surface area contributed by atoms with E-state index < -0.39 is 0 Å². The molecule has 0 radical (unpaired) electrons. The van der Waals surface area contributed by atoms with Crippen molar-refractivity contribution in [3.05, 3.63) is 83.8 Å². The Kier molecular flexibility index (Phi) is 5.77. The van der Waals surface area contributed by atoms with Gasteiger partial charge in [0.1, 0.15) is 11.6 Å². The van der Waals surface area contributed by atoms with Gasteiger partial charge in [0.2, 0.25) is 5.95 Å². The predicted octanol–water partition coefficient (Wildman–Crippen LogP) is 3.55. The first-order chi connectivity index (χ1) is 13.8. The highest BCUT2D eigenvalue weighted by Gasteiger charge is 2.18. The first-order valence-electron chi connectivity index (χ1n) is 9.59. The van der Waals surface area contributed by atoms with E-state index >= 15 is 0 Å². The van der Waals surface area contributed by atoms with Crippen molar-refractivity contribution in [3.8, 4) is 0 Å². The van der Waals surface area contributed by atoms with Crippen LogP contribution >= 0.6 is 0 Å². The summed E-state index contributed by atoms with van der Waals surface area (Å²) in [6, 6.07) is 19.0. The van der Waals surface area contributed by atoms with Crippen molar-refractivity contribution in [1.29, 1.82) is 0 Å². The lowest BCUT2D eigenvalue weighted by Gasteiger charge is -2.35. The van der Waals surface area contributed by atoms with E-state index in [1.54, 1.807) is 18.3 Å². The molecule has 1 aliphatic rings. The molecule has 5 nitrogen and oxygen atoms in total. The van der Waals surface area contributed by atoms with Crippen LogP contribution in [0.25, 0.3) is 0 Å². The summed E-state index contributed by atoms with van der Waals surface area (Å²) in [7, 11) is 0. The van der Waals surface area contributed by atoms with Gasteiger partial charge in [-0.3, -0.25) is 4.90 Å². The molecule has 0 atom stereocenters. The summed E-state index contributed by atoms with van der Waals surface area (Å²) in [5.74, 6) is 1.30. The van der Waals surface area contributed by atoms with Crippen LogP contribution in [0.5, 0.6) is 0 Å². The van der Waals surface area contributed by atoms with E-state index in [9.17, 15) is 4.39 Å². The Morgan fingerprint density at radius 2 is 1.61 bits per heavy atom. The summed E-state index contributed by atoms with van der Waals surface area (Å²) in [5, 5.41) is 3.22. The van der Waals surface area contributed by atoms with Gasteiger partial charge >= 0.3 is 0 Å². The van der Waals surface area contributed by atoms with E-state index in [2.05, 4.69) is 55.4 Å². The standard InChI is InChI=1S/C22H24FN5/c23-20-8-6-18(7-9-20)16-25-22-24-11-10-21(26-22)28-14-12-27(13-15-28)17-19-4-2-1-3-5-19/h1-11H,12-17H2,(H,24,25,26). The van der Waals surface area contributed by atoms with Gasteiger partial charge < -0.3 is 10.2 Å². The van der Waals surface area contributed by atoms with Gasteiger partial charge in [-0.2, -0.15) is 4.98 Å². The first-order valence-corrected chi connectivity index (χ1v) is 9.59. The number of aromatic nitrogens is 2. The molecule has 0 saturated carbocycles. The number of hydrogen-bond donors (Lipinski definition) is 1. The molecule has 144 valence electrons. The van der Waals surface area contributed by atoms with Crippen molar-refractivity contribution in [2.45, 2.75) is 13.1 Å². The maximum absolute atomic E-state index is 13.0. The topological polar surface area (TPSA) is 44.3 Å².